The molecule has 0 aliphatic carbocycles. The van der Waals surface area contributed by atoms with E-state index in [1.165, 1.54) is 7.05 Å². The van der Waals surface area contributed by atoms with Crippen LogP contribution >= 0.6 is 0 Å². The van der Waals surface area contributed by atoms with Crippen LogP contribution < -0.4 is 9.13 Å². The van der Waals surface area contributed by atoms with E-state index in [0.29, 0.717) is 11.4 Å². The Hall–Kier alpha value is -5.68. The second-order valence-electron chi connectivity index (χ2n) is 7.82. The molecule has 168 valence electrons. The van der Waals surface area contributed by atoms with E-state index in [-0.39, 0.29) is 45.6 Å². The summed E-state index contributed by atoms with van der Waals surface area (Å²) in [4.78, 5) is 51.6. The lowest BCUT2D eigenvalue weighted by Crippen LogP contribution is -2.45. The third-order valence-corrected chi connectivity index (χ3v) is 5.79. The van der Waals surface area contributed by atoms with Crippen molar-refractivity contribution in [3.05, 3.63) is 94.9 Å². The normalized spacial score (nSPS) is 12.6. The van der Waals surface area contributed by atoms with Crippen LogP contribution in [0, 0.1) is 13.1 Å². The van der Waals surface area contributed by atoms with Crippen molar-refractivity contribution in [2.45, 2.75) is 0 Å². The highest BCUT2D eigenvalue weighted by Crippen LogP contribution is 2.27. The van der Waals surface area contributed by atoms with Crippen LogP contribution in [0.3, 0.4) is 0 Å². The number of amides is 2. The van der Waals surface area contributed by atoms with E-state index in [1.807, 2.05) is 60.7 Å². The largest absolute Gasteiger partial charge is 0.379 e. The molecule has 0 radical (unpaired) electrons. The van der Waals surface area contributed by atoms with Gasteiger partial charge in [0.2, 0.25) is 0 Å². The van der Waals surface area contributed by atoms with E-state index in [9.17, 15) is 9.59 Å². The van der Waals surface area contributed by atoms with Crippen molar-refractivity contribution in [2.24, 2.45) is 0 Å². The van der Waals surface area contributed by atoms with E-state index in [2.05, 4.69) is 29.6 Å². The number of aromatic nitrogens is 6. The number of carbonyl (C=O) groups excluding carboxylic acids is 2. The molecule has 2 aromatic carbocycles. The number of nitrogens with zero attached hydrogens (tertiary/aromatic N) is 9. The van der Waals surface area contributed by atoms with Crippen molar-refractivity contribution >= 4 is 46.0 Å². The third kappa shape index (κ3) is 2.84. The average Bonchev–Trinajstić information content (AvgIpc) is 3.13. The highest BCUT2D eigenvalue weighted by molar-refractivity contribution is 6.19. The maximum Gasteiger partial charge on any atom is 0.347 e. The number of imide groups is 1. The van der Waals surface area contributed by atoms with Crippen LogP contribution in [0.5, 0.6) is 0 Å². The molecular formula is C25H13N9O2+2. The summed E-state index contributed by atoms with van der Waals surface area (Å²) in [6, 6.07) is 18.2. The second kappa shape index (κ2) is 7.68. The standard InChI is InChI=1S/C25H13N9O2/c1-26-18-19(27-2)31-23-22(30-18)33(14-10-6-4-7-11-14)20-21(34(23)15-12-8-5-9-13-15)29-17-16(28-20)24(35)32(3)25(17)36/h4-13H,3H3/q+2. The summed E-state index contributed by atoms with van der Waals surface area (Å²) in [6.45, 7) is 15.1. The van der Waals surface area contributed by atoms with Gasteiger partial charge in [-0.1, -0.05) is 59.5 Å². The number of hydrogen-bond acceptors (Lipinski definition) is 6. The van der Waals surface area contributed by atoms with Gasteiger partial charge < -0.3 is 9.69 Å². The molecule has 36 heavy (non-hydrogen) atoms. The third-order valence-electron chi connectivity index (χ3n) is 5.79. The predicted octanol–water partition coefficient (Wildman–Crippen LogP) is 2.45. The molecule has 0 saturated heterocycles. The van der Waals surface area contributed by atoms with Crippen molar-refractivity contribution < 1.29 is 18.7 Å². The van der Waals surface area contributed by atoms with Crippen LogP contribution in [0.4, 0.5) is 11.6 Å². The molecule has 0 N–H and O–H groups in total. The Labute approximate surface area is 203 Å². The summed E-state index contributed by atoms with van der Waals surface area (Å²) in [5.74, 6) is -1.46. The highest BCUT2D eigenvalue weighted by atomic mass is 16.2. The van der Waals surface area contributed by atoms with Crippen LogP contribution in [-0.2, 0) is 0 Å². The molecule has 5 aromatic rings. The van der Waals surface area contributed by atoms with Gasteiger partial charge in [-0.15, -0.1) is 9.97 Å². The van der Waals surface area contributed by atoms with Gasteiger partial charge in [-0.25, -0.2) is 0 Å². The predicted molar refractivity (Wildman–Crippen MR) is 125 cm³/mol. The van der Waals surface area contributed by atoms with Gasteiger partial charge in [-0.05, 0) is 24.3 Å². The number of fused-ring (bicyclic) bond motifs is 3. The fourth-order valence-electron chi connectivity index (χ4n) is 4.12. The molecule has 1 aliphatic heterocycles. The molecule has 0 fully saturated rings. The molecule has 6 rings (SSSR count). The smallest absolute Gasteiger partial charge is 0.347 e. The van der Waals surface area contributed by atoms with Crippen LogP contribution in [0.1, 0.15) is 21.0 Å². The molecule has 3 aromatic heterocycles. The Morgan fingerprint density at radius 3 is 1.36 bits per heavy atom. The van der Waals surface area contributed by atoms with Gasteiger partial charge in [-0.3, -0.25) is 14.5 Å². The fourth-order valence-corrected chi connectivity index (χ4v) is 4.12. The lowest BCUT2D eigenvalue weighted by molar-refractivity contribution is -0.587. The maximum absolute atomic E-state index is 12.8. The first-order chi connectivity index (χ1) is 17.5. The Morgan fingerprint density at radius 1 is 0.639 bits per heavy atom. The van der Waals surface area contributed by atoms with Gasteiger partial charge in [0.05, 0.1) is 0 Å². The van der Waals surface area contributed by atoms with Crippen LogP contribution in [0.2, 0.25) is 0 Å². The highest BCUT2D eigenvalue weighted by Gasteiger charge is 2.44. The molecule has 4 heterocycles. The lowest BCUT2D eigenvalue weighted by atomic mass is 10.2. The first-order valence-corrected chi connectivity index (χ1v) is 10.6. The molecule has 2 amide bonds. The minimum Gasteiger partial charge on any atom is -0.379 e. The van der Waals surface area contributed by atoms with Crippen LogP contribution in [0.15, 0.2) is 60.7 Å². The van der Waals surface area contributed by atoms with E-state index >= 15 is 0 Å². The van der Waals surface area contributed by atoms with Crippen molar-refractivity contribution in [3.8, 4) is 11.4 Å². The lowest BCUT2D eigenvalue weighted by Gasteiger charge is -2.10. The minimum absolute atomic E-state index is 0.0743. The molecule has 11 nitrogen and oxygen atoms in total. The number of carbonyl (C=O) groups is 2. The SMILES string of the molecule is [C-]#[N+]c1nc2c(nc1[N+]#[C-])[n+](-c1ccccc1)c1nc3c(nc1[n+]2-c1ccccc1)C(=O)N(C)C3=O. The van der Waals surface area contributed by atoms with E-state index in [1.54, 1.807) is 9.13 Å². The average molecular weight is 471 g/mol. The summed E-state index contributed by atoms with van der Waals surface area (Å²) < 4.78 is 3.26. The molecular weight excluding hydrogens is 458 g/mol. The van der Waals surface area contributed by atoms with Crippen molar-refractivity contribution in [1.82, 2.24) is 24.8 Å². The number of hydrogen-bond donors (Lipinski definition) is 0. The molecule has 1 aliphatic rings. The Balaban J connectivity index is 1.92. The molecule has 0 unspecified atom stereocenters. The Bertz CT molecular complexity index is 1720. The van der Waals surface area contributed by atoms with Crippen molar-refractivity contribution in [3.63, 3.8) is 0 Å². The number of benzene rings is 2. The van der Waals surface area contributed by atoms with Gasteiger partial charge in [0.1, 0.15) is 11.4 Å². The summed E-state index contributed by atoms with van der Waals surface area (Å²) >= 11 is 0. The second-order valence-corrected chi connectivity index (χ2v) is 7.82. The van der Waals surface area contributed by atoms with Crippen molar-refractivity contribution in [1.29, 1.82) is 0 Å². The Kier molecular flexibility index (Phi) is 4.46. The first kappa shape index (κ1) is 20.9. The van der Waals surface area contributed by atoms with Crippen LogP contribution in [0.25, 0.3) is 43.7 Å². The van der Waals surface area contributed by atoms with Crippen molar-refractivity contribution in [2.75, 3.05) is 7.05 Å². The molecule has 0 bridgehead atoms. The number of rotatable bonds is 2. The summed E-state index contributed by atoms with van der Waals surface area (Å²) in [7, 11) is 1.37. The topological polar surface area (TPSA) is 105 Å². The zero-order chi connectivity index (χ0) is 25.0. The number of para-hydroxylation sites is 2. The monoisotopic (exact) mass is 471 g/mol. The summed E-state index contributed by atoms with van der Waals surface area (Å²) in [6.07, 6.45) is 0. The Morgan fingerprint density at radius 2 is 1.00 bits per heavy atom. The van der Waals surface area contributed by atoms with E-state index in [4.69, 9.17) is 13.1 Å². The van der Waals surface area contributed by atoms with Gasteiger partial charge >= 0.3 is 22.6 Å². The minimum atomic E-state index is -0.563. The molecule has 11 heteroatoms. The maximum atomic E-state index is 12.8. The zero-order valence-corrected chi connectivity index (χ0v) is 18.6. The summed E-state index contributed by atoms with van der Waals surface area (Å²) in [5.41, 5.74) is 2.01. The van der Waals surface area contributed by atoms with Gasteiger partial charge in [0.25, 0.3) is 34.8 Å². The summed E-state index contributed by atoms with van der Waals surface area (Å²) in [5, 5.41) is 0. The fraction of sp³-hybridized carbons (Fsp3) is 0.0400. The van der Waals surface area contributed by atoms with E-state index < -0.39 is 11.8 Å². The van der Waals surface area contributed by atoms with Gasteiger partial charge in [0, 0.05) is 7.05 Å². The van der Waals surface area contributed by atoms with Crippen LogP contribution in [-0.4, -0.2) is 43.7 Å². The zero-order valence-electron chi connectivity index (χ0n) is 18.6. The molecule has 0 spiro atoms. The molecule has 0 atom stereocenters. The quantitative estimate of drug-likeness (QED) is 0.170. The first-order valence-electron chi connectivity index (χ1n) is 10.6. The van der Waals surface area contributed by atoms with Gasteiger partial charge in [0.15, 0.2) is 0 Å². The van der Waals surface area contributed by atoms with Gasteiger partial charge in [-0.2, -0.15) is 9.13 Å². The van der Waals surface area contributed by atoms with E-state index in [0.717, 1.165) is 4.90 Å². The molecule has 0 saturated carbocycles.